The summed E-state index contributed by atoms with van der Waals surface area (Å²) in [4.78, 5) is 18.5. The predicted molar refractivity (Wildman–Crippen MR) is 75.1 cm³/mol. The molecule has 0 bridgehead atoms. The van der Waals surface area contributed by atoms with Gasteiger partial charge in [-0.1, -0.05) is 13.8 Å². The molecule has 19 heavy (non-hydrogen) atoms. The van der Waals surface area contributed by atoms with E-state index in [0.717, 1.165) is 29.7 Å². The van der Waals surface area contributed by atoms with Gasteiger partial charge in [-0.25, -0.2) is 4.79 Å². The number of rotatable bonds is 3. The molecule has 1 aliphatic rings. The van der Waals surface area contributed by atoms with Crippen molar-refractivity contribution in [2.75, 3.05) is 6.61 Å². The standard InChI is InChI=1S/C14H17NO3S/c1-8(2)7-17-14-15-12-11(13(16)18-14)9-5-3-4-6-10(9)19-12/h8H,3-7H2,1-2H3. The molecule has 102 valence electrons. The van der Waals surface area contributed by atoms with Crippen molar-refractivity contribution in [2.24, 2.45) is 5.92 Å². The van der Waals surface area contributed by atoms with Crippen molar-refractivity contribution in [1.82, 2.24) is 4.98 Å². The van der Waals surface area contributed by atoms with Crippen molar-refractivity contribution < 1.29 is 9.15 Å². The maximum absolute atomic E-state index is 12.1. The molecule has 0 N–H and O–H groups in total. The fourth-order valence-electron chi connectivity index (χ4n) is 2.38. The van der Waals surface area contributed by atoms with E-state index in [1.165, 1.54) is 11.3 Å². The Morgan fingerprint density at radius 1 is 1.37 bits per heavy atom. The largest absolute Gasteiger partial charge is 0.450 e. The highest BCUT2D eigenvalue weighted by molar-refractivity contribution is 7.18. The smallest absolute Gasteiger partial charge is 0.397 e. The summed E-state index contributed by atoms with van der Waals surface area (Å²) in [6.07, 6.45) is 4.46. The Bertz CT molecular complexity index is 656. The van der Waals surface area contributed by atoms with Crippen LogP contribution in [0.25, 0.3) is 10.2 Å². The molecule has 0 amide bonds. The summed E-state index contributed by atoms with van der Waals surface area (Å²) in [5.74, 6) is 0.374. The van der Waals surface area contributed by atoms with E-state index < -0.39 is 0 Å². The van der Waals surface area contributed by atoms with Crippen molar-refractivity contribution in [3.05, 3.63) is 20.9 Å². The van der Waals surface area contributed by atoms with Gasteiger partial charge in [0.25, 0.3) is 0 Å². The Morgan fingerprint density at radius 3 is 2.95 bits per heavy atom. The first-order chi connectivity index (χ1) is 9.15. The lowest BCUT2D eigenvalue weighted by Crippen LogP contribution is -2.10. The molecule has 0 aromatic carbocycles. The normalized spacial score (nSPS) is 14.9. The van der Waals surface area contributed by atoms with Crippen LogP contribution in [0.4, 0.5) is 0 Å². The second-order valence-corrected chi connectivity index (χ2v) is 6.45. The number of thiophene rings is 1. The van der Waals surface area contributed by atoms with Gasteiger partial charge < -0.3 is 9.15 Å². The highest BCUT2D eigenvalue weighted by atomic mass is 32.1. The first-order valence-electron chi connectivity index (χ1n) is 6.73. The Hall–Kier alpha value is -1.36. The first kappa shape index (κ1) is 12.7. The summed E-state index contributed by atoms with van der Waals surface area (Å²) in [7, 11) is 0. The molecule has 0 spiro atoms. The third kappa shape index (κ3) is 2.39. The van der Waals surface area contributed by atoms with E-state index in [1.807, 2.05) is 13.8 Å². The second kappa shape index (κ2) is 4.96. The van der Waals surface area contributed by atoms with E-state index >= 15 is 0 Å². The lowest BCUT2D eigenvalue weighted by atomic mass is 9.97. The summed E-state index contributed by atoms with van der Waals surface area (Å²) in [6.45, 7) is 4.59. The van der Waals surface area contributed by atoms with Crippen LogP contribution in [-0.2, 0) is 12.8 Å². The number of aromatic nitrogens is 1. The predicted octanol–water partition coefficient (Wildman–Crippen LogP) is 3.16. The quantitative estimate of drug-likeness (QED) is 0.866. The Balaban J connectivity index is 2.04. The van der Waals surface area contributed by atoms with E-state index in [-0.39, 0.29) is 11.7 Å². The Morgan fingerprint density at radius 2 is 2.16 bits per heavy atom. The van der Waals surface area contributed by atoms with Gasteiger partial charge in [0.15, 0.2) is 0 Å². The van der Waals surface area contributed by atoms with Crippen LogP contribution in [0.2, 0.25) is 0 Å². The number of ether oxygens (including phenoxy) is 1. The molecular weight excluding hydrogens is 262 g/mol. The molecular formula is C14H17NO3S. The number of hydrogen-bond acceptors (Lipinski definition) is 5. The Labute approximate surface area is 115 Å². The average Bonchev–Trinajstić information content (AvgIpc) is 2.74. The molecule has 0 aliphatic heterocycles. The van der Waals surface area contributed by atoms with E-state index in [2.05, 4.69) is 4.98 Å². The summed E-state index contributed by atoms with van der Waals surface area (Å²) in [5, 5.41) is 0.677. The Kier molecular flexibility index (Phi) is 3.31. The van der Waals surface area contributed by atoms with Crippen molar-refractivity contribution in [1.29, 1.82) is 0 Å². The maximum atomic E-state index is 12.1. The van der Waals surface area contributed by atoms with Crippen LogP contribution in [0.15, 0.2) is 9.21 Å². The molecule has 0 unspecified atom stereocenters. The molecule has 1 aliphatic carbocycles. The molecule has 0 saturated carbocycles. The maximum Gasteiger partial charge on any atom is 0.397 e. The molecule has 5 heteroatoms. The van der Waals surface area contributed by atoms with Gasteiger partial charge in [0.05, 0.1) is 6.61 Å². The summed E-state index contributed by atoms with van der Waals surface area (Å²) in [5.41, 5.74) is 0.853. The van der Waals surface area contributed by atoms with Gasteiger partial charge in [-0.15, -0.1) is 11.3 Å². The molecule has 3 rings (SSSR count). The van der Waals surface area contributed by atoms with Crippen molar-refractivity contribution in [2.45, 2.75) is 39.5 Å². The third-order valence-electron chi connectivity index (χ3n) is 3.27. The zero-order valence-corrected chi connectivity index (χ0v) is 12.0. The van der Waals surface area contributed by atoms with Gasteiger partial charge in [0.1, 0.15) is 10.2 Å². The van der Waals surface area contributed by atoms with Gasteiger partial charge in [0.2, 0.25) is 0 Å². The first-order valence-corrected chi connectivity index (χ1v) is 7.55. The van der Waals surface area contributed by atoms with Crippen molar-refractivity contribution in [3.63, 3.8) is 0 Å². The molecule has 2 aromatic heterocycles. The third-order valence-corrected chi connectivity index (χ3v) is 4.46. The highest BCUT2D eigenvalue weighted by Gasteiger charge is 2.21. The van der Waals surface area contributed by atoms with Crippen LogP contribution in [0.1, 0.15) is 37.1 Å². The van der Waals surface area contributed by atoms with Crippen LogP contribution in [-0.4, -0.2) is 11.6 Å². The monoisotopic (exact) mass is 279 g/mol. The van der Waals surface area contributed by atoms with Crippen molar-refractivity contribution in [3.8, 4) is 6.08 Å². The summed E-state index contributed by atoms with van der Waals surface area (Å²) < 4.78 is 10.6. The minimum absolute atomic E-state index is 0.102. The summed E-state index contributed by atoms with van der Waals surface area (Å²) in [6, 6.07) is 0. The topological polar surface area (TPSA) is 52.3 Å². The molecule has 0 radical (unpaired) electrons. The fourth-order valence-corrected chi connectivity index (χ4v) is 3.61. The number of aryl methyl sites for hydroxylation is 2. The van der Waals surface area contributed by atoms with Gasteiger partial charge in [-0.05, 0) is 37.2 Å². The summed E-state index contributed by atoms with van der Waals surface area (Å²) >= 11 is 1.61. The van der Waals surface area contributed by atoms with Crippen LogP contribution < -0.4 is 10.4 Å². The van der Waals surface area contributed by atoms with Gasteiger partial charge in [0, 0.05) is 4.88 Å². The molecule has 2 heterocycles. The lowest BCUT2D eigenvalue weighted by Gasteiger charge is -2.09. The zero-order chi connectivity index (χ0) is 13.4. The van der Waals surface area contributed by atoms with Crippen LogP contribution in [0.3, 0.4) is 0 Å². The van der Waals surface area contributed by atoms with E-state index in [4.69, 9.17) is 9.15 Å². The van der Waals surface area contributed by atoms with Crippen LogP contribution >= 0.6 is 11.3 Å². The number of nitrogens with zero attached hydrogens (tertiary/aromatic N) is 1. The lowest BCUT2D eigenvalue weighted by molar-refractivity contribution is 0.191. The van der Waals surface area contributed by atoms with E-state index in [0.29, 0.717) is 17.9 Å². The van der Waals surface area contributed by atoms with Crippen LogP contribution in [0.5, 0.6) is 6.08 Å². The molecule has 2 aromatic rings. The fraction of sp³-hybridized carbons (Fsp3) is 0.571. The van der Waals surface area contributed by atoms with E-state index in [1.54, 1.807) is 11.3 Å². The van der Waals surface area contributed by atoms with Crippen molar-refractivity contribution >= 4 is 21.6 Å². The molecule has 0 atom stereocenters. The van der Waals surface area contributed by atoms with Gasteiger partial charge in [-0.3, -0.25) is 0 Å². The van der Waals surface area contributed by atoms with E-state index in [9.17, 15) is 4.79 Å². The van der Waals surface area contributed by atoms with Gasteiger partial charge in [-0.2, -0.15) is 4.98 Å². The van der Waals surface area contributed by atoms with Gasteiger partial charge >= 0.3 is 11.7 Å². The second-order valence-electron chi connectivity index (χ2n) is 5.36. The zero-order valence-electron chi connectivity index (χ0n) is 11.2. The molecule has 0 fully saturated rings. The minimum atomic E-state index is -0.303. The highest BCUT2D eigenvalue weighted by Crippen LogP contribution is 2.34. The number of hydrogen-bond donors (Lipinski definition) is 0. The van der Waals surface area contributed by atoms with Crippen LogP contribution in [0, 0.1) is 5.92 Å². The minimum Gasteiger partial charge on any atom is -0.450 e. The molecule has 0 saturated heterocycles. The SMILES string of the molecule is CC(C)COc1nc2sc3c(c2c(=O)o1)CCCC3. The number of fused-ring (bicyclic) bond motifs is 3. The average molecular weight is 279 g/mol. The molecule has 4 nitrogen and oxygen atoms in total.